The Morgan fingerprint density at radius 3 is 2.89 bits per heavy atom. The zero-order valence-electron chi connectivity index (χ0n) is 10.5. The molecule has 1 aliphatic rings. The summed E-state index contributed by atoms with van der Waals surface area (Å²) in [6.45, 7) is -0.169. The molecule has 0 heterocycles. The molecule has 1 fully saturated rings. The number of alkyl halides is 2. The standard InChI is InChI=1S/C12H22F2N2O2/c13-11(14)8-18-5-4-16-12(17)7-9-2-1-3-10(15)6-9/h9-11H,1-8,15H2,(H,16,17). The fourth-order valence-electron chi connectivity index (χ4n) is 2.29. The molecule has 4 nitrogen and oxygen atoms in total. The molecule has 1 rings (SSSR count). The number of hydrogen-bond acceptors (Lipinski definition) is 3. The van der Waals surface area contributed by atoms with Crippen LogP contribution in [0, 0.1) is 5.92 Å². The van der Waals surface area contributed by atoms with Crippen LogP contribution in [0.2, 0.25) is 0 Å². The summed E-state index contributed by atoms with van der Waals surface area (Å²) in [5.41, 5.74) is 5.85. The highest BCUT2D eigenvalue weighted by Crippen LogP contribution is 2.25. The first-order valence-corrected chi connectivity index (χ1v) is 6.46. The number of hydrogen-bond donors (Lipinski definition) is 2. The van der Waals surface area contributed by atoms with Gasteiger partial charge in [-0.1, -0.05) is 6.42 Å². The van der Waals surface area contributed by atoms with Gasteiger partial charge in [0.15, 0.2) is 0 Å². The van der Waals surface area contributed by atoms with E-state index in [9.17, 15) is 13.6 Å². The lowest BCUT2D eigenvalue weighted by molar-refractivity contribution is -0.122. The summed E-state index contributed by atoms with van der Waals surface area (Å²) < 4.78 is 28.2. The molecule has 0 aromatic rings. The number of ether oxygens (including phenoxy) is 1. The van der Waals surface area contributed by atoms with Crippen LogP contribution in [0.3, 0.4) is 0 Å². The van der Waals surface area contributed by atoms with Crippen molar-refractivity contribution in [1.82, 2.24) is 5.32 Å². The third kappa shape index (κ3) is 6.86. The maximum absolute atomic E-state index is 11.7. The third-order valence-corrected chi connectivity index (χ3v) is 3.11. The molecule has 1 saturated carbocycles. The molecule has 6 heteroatoms. The second-order valence-electron chi connectivity index (χ2n) is 4.81. The van der Waals surface area contributed by atoms with Gasteiger partial charge in [-0.25, -0.2) is 8.78 Å². The molecule has 0 radical (unpaired) electrons. The van der Waals surface area contributed by atoms with Crippen molar-refractivity contribution in [3.05, 3.63) is 0 Å². The molecule has 1 amide bonds. The number of halogens is 2. The topological polar surface area (TPSA) is 64.4 Å². The van der Waals surface area contributed by atoms with Gasteiger partial charge in [0, 0.05) is 19.0 Å². The Morgan fingerprint density at radius 2 is 2.22 bits per heavy atom. The summed E-state index contributed by atoms with van der Waals surface area (Å²) in [6.07, 6.45) is 2.08. The monoisotopic (exact) mass is 264 g/mol. The average Bonchev–Trinajstić information content (AvgIpc) is 2.28. The van der Waals surface area contributed by atoms with E-state index in [4.69, 9.17) is 5.73 Å². The molecular formula is C12H22F2N2O2. The highest BCUT2D eigenvalue weighted by Gasteiger charge is 2.21. The summed E-state index contributed by atoms with van der Waals surface area (Å²) in [4.78, 5) is 11.6. The maximum atomic E-state index is 11.7. The van der Waals surface area contributed by atoms with Gasteiger partial charge in [-0.05, 0) is 25.2 Å². The van der Waals surface area contributed by atoms with E-state index in [-0.39, 0.29) is 25.1 Å². The summed E-state index contributed by atoms with van der Waals surface area (Å²) in [5.74, 6) is 0.311. The first kappa shape index (κ1) is 15.3. The van der Waals surface area contributed by atoms with Crippen molar-refractivity contribution < 1.29 is 18.3 Å². The van der Waals surface area contributed by atoms with Gasteiger partial charge in [0.05, 0.1) is 6.61 Å². The van der Waals surface area contributed by atoms with Crippen molar-refractivity contribution in [2.45, 2.75) is 44.6 Å². The third-order valence-electron chi connectivity index (χ3n) is 3.11. The summed E-state index contributed by atoms with van der Waals surface area (Å²) in [6, 6.07) is 0.214. The Morgan fingerprint density at radius 1 is 1.44 bits per heavy atom. The van der Waals surface area contributed by atoms with Gasteiger partial charge in [-0.2, -0.15) is 0 Å². The minimum absolute atomic E-state index is 0.0465. The van der Waals surface area contributed by atoms with Crippen molar-refractivity contribution in [2.75, 3.05) is 19.8 Å². The van der Waals surface area contributed by atoms with Crippen molar-refractivity contribution in [3.63, 3.8) is 0 Å². The second kappa shape index (κ2) is 8.37. The summed E-state index contributed by atoms with van der Waals surface area (Å²) >= 11 is 0. The van der Waals surface area contributed by atoms with E-state index in [1.165, 1.54) is 0 Å². The minimum Gasteiger partial charge on any atom is -0.374 e. The number of rotatable bonds is 7. The van der Waals surface area contributed by atoms with Gasteiger partial charge < -0.3 is 15.8 Å². The van der Waals surface area contributed by atoms with E-state index in [0.717, 1.165) is 25.7 Å². The minimum atomic E-state index is -2.45. The Hall–Kier alpha value is -0.750. The van der Waals surface area contributed by atoms with Gasteiger partial charge in [0.1, 0.15) is 6.61 Å². The fraction of sp³-hybridized carbons (Fsp3) is 0.917. The van der Waals surface area contributed by atoms with Crippen LogP contribution in [0.1, 0.15) is 32.1 Å². The van der Waals surface area contributed by atoms with Crippen LogP contribution in [-0.4, -0.2) is 38.1 Å². The van der Waals surface area contributed by atoms with E-state index in [0.29, 0.717) is 12.3 Å². The lowest BCUT2D eigenvalue weighted by atomic mass is 9.84. The zero-order chi connectivity index (χ0) is 13.4. The van der Waals surface area contributed by atoms with Crippen molar-refractivity contribution in [3.8, 4) is 0 Å². The first-order chi connectivity index (χ1) is 8.58. The Kier molecular flexibility index (Phi) is 7.12. The Bertz CT molecular complexity index is 252. The van der Waals surface area contributed by atoms with Crippen molar-refractivity contribution >= 4 is 5.91 Å². The van der Waals surface area contributed by atoms with Gasteiger partial charge in [0.25, 0.3) is 6.43 Å². The smallest absolute Gasteiger partial charge is 0.261 e. The number of carbonyl (C=O) groups is 1. The van der Waals surface area contributed by atoms with Crippen LogP contribution >= 0.6 is 0 Å². The molecule has 0 aliphatic heterocycles. The largest absolute Gasteiger partial charge is 0.374 e. The number of nitrogens with two attached hydrogens (primary N) is 1. The quantitative estimate of drug-likeness (QED) is 0.681. The second-order valence-corrected chi connectivity index (χ2v) is 4.81. The summed E-state index contributed by atoms with van der Waals surface area (Å²) in [7, 11) is 0. The maximum Gasteiger partial charge on any atom is 0.261 e. The number of amides is 1. The normalized spacial score (nSPS) is 24.2. The van der Waals surface area contributed by atoms with E-state index in [2.05, 4.69) is 10.1 Å². The van der Waals surface area contributed by atoms with Gasteiger partial charge in [-0.15, -0.1) is 0 Å². The predicted molar refractivity (Wildman–Crippen MR) is 64.4 cm³/mol. The Labute approximate surface area is 106 Å². The molecule has 0 saturated heterocycles. The van der Waals surface area contributed by atoms with Crippen LogP contribution in [0.25, 0.3) is 0 Å². The molecule has 2 unspecified atom stereocenters. The van der Waals surface area contributed by atoms with E-state index < -0.39 is 13.0 Å². The molecule has 0 bridgehead atoms. The summed E-state index contributed by atoms with van der Waals surface area (Å²) in [5, 5.41) is 2.67. The molecule has 0 aromatic carbocycles. The molecule has 0 spiro atoms. The number of carbonyl (C=O) groups excluding carboxylic acids is 1. The molecule has 3 N–H and O–H groups in total. The van der Waals surface area contributed by atoms with Crippen LogP contribution in [-0.2, 0) is 9.53 Å². The lowest BCUT2D eigenvalue weighted by Gasteiger charge is -2.26. The van der Waals surface area contributed by atoms with E-state index in [1.807, 2.05) is 0 Å². The highest BCUT2D eigenvalue weighted by atomic mass is 19.3. The zero-order valence-corrected chi connectivity index (χ0v) is 10.5. The molecule has 18 heavy (non-hydrogen) atoms. The van der Waals surface area contributed by atoms with E-state index >= 15 is 0 Å². The average molecular weight is 264 g/mol. The van der Waals surface area contributed by atoms with Gasteiger partial charge >= 0.3 is 0 Å². The SMILES string of the molecule is NC1CCCC(CC(=O)NCCOCC(F)F)C1. The molecule has 106 valence electrons. The van der Waals surface area contributed by atoms with Crippen molar-refractivity contribution in [1.29, 1.82) is 0 Å². The van der Waals surface area contributed by atoms with Crippen LogP contribution in [0.4, 0.5) is 8.78 Å². The fourth-order valence-corrected chi connectivity index (χ4v) is 2.29. The lowest BCUT2D eigenvalue weighted by Crippen LogP contribution is -2.33. The van der Waals surface area contributed by atoms with Crippen molar-refractivity contribution in [2.24, 2.45) is 11.7 Å². The van der Waals surface area contributed by atoms with Crippen LogP contribution in [0.15, 0.2) is 0 Å². The number of nitrogens with one attached hydrogen (secondary N) is 1. The molecule has 0 aromatic heterocycles. The molecule has 2 atom stereocenters. The van der Waals surface area contributed by atoms with Crippen LogP contribution < -0.4 is 11.1 Å². The van der Waals surface area contributed by atoms with E-state index in [1.54, 1.807) is 0 Å². The van der Waals surface area contributed by atoms with Crippen LogP contribution in [0.5, 0.6) is 0 Å². The molecular weight excluding hydrogens is 242 g/mol. The highest BCUT2D eigenvalue weighted by molar-refractivity contribution is 5.76. The first-order valence-electron chi connectivity index (χ1n) is 6.46. The molecule has 1 aliphatic carbocycles. The predicted octanol–water partition coefficient (Wildman–Crippen LogP) is 1.29. The van der Waals surface area contributed by atoms with Gasteiger partial charge in [0.2, 0.25) is 5.91 Å². The van der Waals surface area contributed by atoms with Gasteiger partial charge in [-0.3, -0.25) is 4.79 Å². The Balaban J connectivity index is 2.03.